The number of nitrogens with zero attached hydrogens (tertiary/aromatic N) is 1. The minimum atomic E-state index is -3.04. The summed E-state index contributed by atoms with van der Waals surface area (Å²) in [4.78, 5) is 14.4. The smallest absolute Gasteiger partial charge is 0.253 e. The van der Waals surface area contributed by atoms with Gasteiger partial charge in [-0.3, -0.25) is 4.79 Å². The van der Waals surface area contributed by atoms with Crippen molar-refractivity contribution in [1.82, 2.24) is 4.90 Å². The van der Waals surface area contributed by atoms with Crippen LogP contribution in [0.1, 0.15) is 18.4 Å². The van der Waals surface area contributed by atoms with Crippen molar-refractivity contribution in [3.05, 3.63) is 29.3 Å². The number of likely N-dealkylation sites (tertiary alicyclic amines) is 1. The van der Waals surface area contributed by atoms with E-state index in [1.807, 2.05) is 24.3 Å². The van der Waals surface area contributed by atoms with E-state index in [9.17, 15) is 13.2 Å². The zero-order chi connectivity index (χ0) is 17.3. The zero-order valence-electron chi connectivity index (χ0n) is 13.8. The SMILES string of the molecule is COc1ccc2c(c1)C=C(C(=O)N1CCC(S(C)(=O)=O)CC1)CO2. The van der Waals surface area contributed by atoms with E-state index in [4.69, 9.17) is 9.47 Å². The van der Waals surface area contributed by atoms with Gasteiger partial charge in [0.05, 0.1) is 17.9 Å². The zero-order valence-corrected chi connectivity index (χ0v) is 14.6. The average Bonchev–Trinajstić information content (AvgIpc) is 2.59. The Kier molecular flexibility index (Phi) is 4.54. The van der Waals surface area contributed by atoms with Crippen molar-refractivity contribution in [2.24, 2.45) is 0 Å². The normalized spacial score (nSPS) is 18.4. The second kappa shape index (κ2) is 6.47. The fraction of sp³-hybridized carbons (Fsp3) is 0.471. The van der Waals surface area contributed by atoms with Gasteiger partial charge in [0.2, 0.25) is 0 Å². The average molecular weight is 351 g/mol. The van der Waals surface area contributed by atoms with Crippen LogP contribution in [0.2, 0.25) is 0 Å². The molecule has 130 valence electrons. The second-order valence-corrected chi connectivity index (χ2v) is 8.51. The molecular formula is C17H21NO5S. The van der Waals surface area contributed by atoms with Gasteiger partial charge in [-0.05, 0) is 37.1 Å². The van der Waals surface area contributed by atoms with E-state index in [0.29, 0.717) is 37.3 Å². The number of carbonyl (C=O) groups excluding carboxylic acids is 1. The lowest BCUT2D eigenvalue weighted by atomic mass is 10.0. The largest absolute Gasteiger partial charge is 0.497 e. The predicted octanol–water partition coefficient (Wildman–Crippen LogP) is 1.51. The number of carbonyl (C=O) groups is 1. The third kappa shape index (κ3) is 3.40. The molecule has 1 amide bonds. The third-order valence-electron chi connectivity index (χ3n) is 4.54. The topological polar surface area (TPSA) is 72.9 Å². The lowest BCUT2D eigenvalue weighted by molar-refractivity contribution is -0.128. The van der Waals surface area contributed by atoms with Gasteiger partial charge < -0.3 is 14.4 Å². The first-order chi connectivity index (χ1) is 11.4. The molecule has 0 aromatic heterocycles. The molecule has 2 heterocycles. The van der Waals surface area contributed by atoms with Gasteiger partial charge >= 0.3 is 0 Å². The van der Waals surface area contributed by atoms with Gasteiger partial charge in [-0.1, -0.05) is 0 Å². The maximum Gasteiger partial charge on any atom is 0.253 e. The first-order valence-corrected chi connectivity index (χ1v) is 9.83. The van der Waals surface area contributed by atoms with Crippen molar-refractivity contribution in [1.29, 1.82) is 0 Å². The molecule has 6 nitrogen and oxygen atoms in total. The molecule has 1 aromatic carbocycles. The molecule has 0 radical (unpaired) electrons. The molecule has 0 aliphatic carbocycles. The van der Waals surface area contributed by atoms with Crippen LogP contribution in [0.25, 0.3) is 6.08 Å². The molecule has 0 spiro atoms. The number of rotatable bonds is 3. The highest BCUT2D eigenvalue weighted by molar-refractivity contribution is 7.91. The van der Waals surface area contributed by atoms with Gasteiger partial charge in [0.15, 0.2) is 0 Å². The van der Waals surface area contributed by atoms with E-state index in [-0.39, 0.29) is 17.8 Å². The van der Waals surface area contributed by atoms with Crippen LogP contribution < -0.4 is 9.47 Å². The van der Waals surface area contributed by atoms with Crippen molar-refractivity contribution in [2.45, 2.75) is 18.1 Å². The number of ether oxygens (including phenoxy) is 2. The molecule has 0 saturated carbocycles. The van der Waals surface area contributed by atoms with Crippen LogP contribution in [-0.2, 0) is 14.6 Å². The summed E-state index contributed by atoms with van der Waals surface area (Å²) in [6, 6.07) is 5.47. The minimum absolute atomic E-state index is 0.0876. The minimum Gasteiger partial charge on any atom is -0.497 e. The van der Waals surface area contributed by atoms with Crippen molar-refractivity contribution < 1.29 is 22.7 Å². The van der Waals surface area contributed by atoms with Crippen LogP contribution in [0.4, 0.5) is 0 Å². The van der Waals surface area contributed by atoms with Gasteiger partial charge in [0.1, 0.15) is 27.9 Å². The maximum atomic E-state index is 12.7. The summed E-state index contributed by atoms with van der Waals surface area (Å²) >= 11 is 0. The summed E-state index contributed by atoms with van der Waals surface area (Å²) in [7, 11) is -1.45. The maximum absolute atomic E-state index is 12.7. The number of fused-ring (bicyclic) bond motifs is 1. The van der Waals surface area contributed by atoms with Gasteiger partial charge in [0.25, 0.3) is 5.91 Å². The van der Waals surface area contributed by atoms with Crippen LogP contribution in [0.15, 0.2) is 23.8 Å². The highest BCUT2D eigenvalue weighted by Gasteiger charge is 2.30. The van der Waals surface area contributed by atoms with Gasteiger partial charge in [-0.15, -0.1) is 0 Å². The summed E-state index contributed by atoms with van der Waals surface area (Å²) in [6.45, 7) is 1.14. The molecule has 2 aliphatic heterocycles. The quantitative estimate of drug-likeness (QED) is 0.825. The van der Waals surface area contributed by atoms with Crippen molar-refractivity contribution in [3.63, 3.8) is 0 Å². The number of methoxy groups -OCH3 is 1. The first-order valence-electron chi connectivity index (χ1n) is 7.88. The summed E-state index contributed by atoms with van der Waals surface area (Å²) in [6.07, 6.45) is 4.07. The number of hydrogen-bond acceptors (Lipinski definition) is 5. The number of piperidine rings is 1. The number of sulfone groups is 1. The Morgan fingerprint density at radius 3 is 2.62 bits per heavy atom. The molecule has 1 fully saturated rings. The number of hydrogen-bond donors (Lipinski definition) is 0. The third-order valence-corrected chi connectivity index (χ3v) is 6.22. The summed E-state index contributed by atoms with van der Waals surface area (Å²) < 4.78 is 34.1. The van der Waals surface area contributed by atoms with E-state index in [1.54, 1.807) is 12.0 Å². The van der Waals surface area contributed by atoms with Gasteiger partial charge in [-0.2, -0.15) is 0 Å². The Morgan fingerprint density at radius 2 is 2.00 bits per heavy atom. The van der Waals surface area contributed by atoms with Crippen LogP contribution in [-0.4, -0.2) is 57.5 Å². The van der Waals surface area contributed by atoms with E-state index in [1.165, 1.54) is 6.26 Å². The van der Waals surface area contributed by atoms with Crippen molar-refractivity contribution >= 4 is 21.8 Å². The first kappa shape index (κ1) is 16.8. The van der Waals surface area contributed by atoms with Gasteiger partial charge in [-0.25, -0.2) is 8.42 Å². The van der Waals surface area contributed by atoms with E-state index in [0.717, 1.165) is 11.3 Å². The fourth-order valence-electron chi connectivity index (χ4n) is 3.10. The van der Waals surface area contributed by atoms with Crippen LogP contribution >= 0.6 is 0 Å². The summed E-state index contributed by atoms with van der Waals surface area (Å²) in [5, 5.41) is -0.344. The molecule has 2 aliphatic rings. The Hall–Kier alpha value is -2.02. The molecule has 0 atom stereocenters. The van der Waals surface area contributed by atoms with Crippen molar-refractivity contribution in [2.75, 3.05) is 33.1 Å². The molecule has 0 N–H and O–H groups in total. The molecule has 0 unspecified atom stereocenters. The van der Waals surface area contributed by atoms with Gasteiger partial charge in [0, 0.05) is 24.9 Å². The Bertz CT molecular complexity index is 776. The van der Waals surface area contributed by atoms with Crippen LogP contribution in [0.3, 0.4) is 0 Å². The predicted molar refractivity (Wildman–Crippen MR) is 90.9 cm³/mol. The Balaban J connectivity index is 1.73. The Labute approximate surface area is 142 Å². The lowest BCUT2D eigenvalue weighted by Crippen LogP contribution is -2.43. The number of benzene rings is 1. The fourth-order valence-corrected chi connectivity index (χ4v) is 4.16. The molecule has 24 heavy (non-hydrogen) atoms. The molecule has 7 heteroatoms. The molecule has 0 bridgehead atoms. The van der Waals surface area contributed by atoms with Crippen molar-refractivity contribution in [3.8, 4) is 11.5 Å². The Morgan fingerprint density at radius 1 is 1.29 bits per heavy atom. The summed E-state index contributed by atoms with van der Waals surface area (Å²) in [5.74, 6) is 1.34. The molecule has 1 aromatic rings. The molecule has 3 rings (SSSR count). The lowest BCUT2D eigenvalue weighted by Gasteiger charge is -2.32. The molecule has 1 saturated heterocycles. The summed E-state index contributed by atoms with van der Waals surface area (Å²) in [5.41, 5.74) is 1.39. The standard InChI is InChI=1S/C17H21NO5S/c1-22-14-3-4-16-12(10-14)9-13(11-23-16)17(19)18-7-5-15(6-8-18)24(2,20)21/h3-4,9-10,15H,5-8,11H2,1-2H3. The second-order valence-electron chi connectivity index (χ2n) is 6.18. The van der Waals surface area contributed by atoms with E-state index >= 15 is 0 Å². The highest BCUT2D eigenvalue weighted by atomic mass is 32.2. The highest BCUT2D eigenvalue weighted by Crippen LogP contribution is 2.31. The molecular weight excluding hydrogens is 330 g/mol. The number of amides is 1. The van der Waals surface area contributed by atoms with Crippen LogP contribution in [0.5, 0.6) is 11.5 Å². The van der Waals surface area contributed by atoms with Crippen LogP contribution in [0, 0.1) is 0 Å². The van der Waals surface area contributed by atoms with E-state index < -0.39 is 9.84 Å². The van der Waals surface area contributed by atoms with E-state index in [2.05, 4.69) is 0 Å². The monoisotopic (exact) mass is 351 g/mol.